The van der Waals surface area contributed by atoms with Crippen LogP contribution in [0.3, 0.4) is 0 Å². The quantitative estimate of drug-likeness (QED) is 0.497. The number of nitrogens with one attached hydrogen (secondary N) is 1. The van der Waals surface area contributed by atoms with Gasteiger partial charge in [-0.2, -0.15) is 0 Å². The monoisotopic (exact) mass is 280 g/mol. The second kappa shape index (κ2) is 6.08. The lowest BCUT2D eigenvalue weighted by Crippen LogP contribution is -3.14. The topological polar surface area (TPSA) is 50.8 Å². The molecule has 1 heterocycles. The molecule has 0 amide bonds. The Balaban J connectivity index is 2.02. The number of non-ortho nitro benzene ring substituents is 1. The first-order valence-corrected chi connectivity index (χ1v) is 6.90. The van der Waals surface area contributed by atoms with Crippen LogP contribution in [-0.4, -0.2) is 47.5 Å². The molecular weight excluding hydrogens is 262 g/mol. The van der Waals surface area contributed by atoms with Crippen molar-refractivity contribution < 1.29 is 9.82 Å². The number of hydrogen-bond donors (Lipinski definition) is 1. The van der Waals surface area contributed by atoms with Gasteiger partial charge in [0.25, 0.3) is 5.69 Å². The fourth-order valence-corrected chi connectivity index (χ4v) is 2.61. The second-order valence-corrected chi connectivity index (χ2v) is 5.09. The Morgan fingerprint density at radius 1 is 1.37 bits per heavy atom. The van der Waals surface area contributed by atoms with Crippen molar-refractivity contribution in [2.24, 2.45) is 0 Å². The Morgan fingerprint density at radius 2 is 1.95 bits per heavy atom. The van der Waals surface area contributed by atoms with E-state index in [1.165, 1.54) is 12.1 Å². The summed E-state index contributed by atoms with van der Waals surface area (Å²) in [6, 6.07) is 6.49. The summed E-state index contributed by atoms with van der Waals surface area (Å²) in [7, 11) is 0. The molecule has 0 radical (unpaired) electrons. The summed E-state index contributed by atoms with van der Waals surface area (Å²) in [5.41, 5.74) is 0.993. The Hall–Kier alpha value is -1.53. The number of thiocarbonyl (C=S) groups is 1. The number of nitro benzene ring substituents is 1. The van der Waals surface area contributed by atoms with E-state index in [9.17, 15) is 10.1 Å². The number of rotatable bonds is 3. The van der Waals surface area contributed by atoms with Crippen LogP contribution < -0.4 is 4.90 Å². The highest BCUT2D eigenvalue weighted by Gasteiger charge is 2.21. The summed E-state index contributed by atoms with van der Waals surface area (Å²) < 4.78 is 0. The van der Waals surface area contributed by atoms with Crippen molar-refractivity contribution in [3.63, 3.8) is 0 Å². The van der Waals surface area contributed by atoms with Gasteiger partial charge in [-0.25, -0.2) is 0 Å². The van der Waals surface area contributed by atoms with Gasteiger partial charge in [0.1, 0.15) is 4.99 Å². The summed E-state index contributed by atoms with van der Waals surface area (Å²) >= 11 is 5.47. The molecule has 1 saturated heterocycles. The Bertz CT molecular complexity index is 467. The Morgan fingerprint density at radius 3 is 2.42 bits per heavy atom. The van der Waals surface area contributed by atoms with E-state index in [0.29, 0.717) is 0 Å². The second-order valence-electron chi connectivity index (χ2n) is 4.70. The molecule has 1 aliphatic rings. The van der Waals surface area contributed by atoms with E-state index in [1.54, 1.807) is 17.0 Å². The van der Waals surface area contributed by atoms with Gasteiger partial charge in [0.05, 0.1) is 37.6 Å². The van der Waals surface area contributed by atoms with E-state index in [1.807, 2.05) is 0 Å². The van der Waals surface area contributed by atoms with E-state index in [0.717, 1.165) is 43.3 Å². The third-order valence-corrected chi connectivity index (χ3v) is 4.08. The fourth-order valence-electron chi connectivity index (χ4n) is 2.29. The summed E-state index contributed by atoms with van der Waals surface area (Å²) in [5, 5.41) is 10.6. The highest BCUT2D eigenvalue weighted by molar-refractivity contribution is 7.80. The third kappa shape index (κ3) is 3.27. The lowest BCUT2D eigenvalue weighted by molar-refractivity contribution is -0.902. The first-order chi connectivity index (χ1) is 9.11. The van der Waals surface area contributed by atoms with Gasteiger partial charge in [0.2, 0.25) is 0 Å². The Kier molecular flexibility index (Phi) is 4.44. The predicted octanol–water partition coefficient (Wildman–Crippen LogP) is 0.491. The molecular formula is C13H18N3O2S+. The van der Waals surface area contributed by atoms with Gasteiger partial charge in [-0.15, -0.1) is 0 Å². The lowest BCUT2D eigenvalue weighted by atomic mass is 10.2. The number of quaternary nitrogens is 1. The van der Waals surface area contributed by atoms with Crippen molar-refractivity contribution in [1.29, 1.82) is 0 Å². The van der Waals surface area contributed by atoms with Crippen LogP contribution >= 0.6 is 12.2 Å². The van der Waals surface area contributed by atoms with Crippen molar-refractivity contribution in [2.45, 2.75) is 6.92 Å². The molecule has 1 N–H and O–H groups in total. The number of piperazine rings is 1. The number of benzene rings is 1. The van der Waals surface area contributed by atoms with Gasteiger partial charge < -0.3 is 9.80 Å². The minimum atomic E-state index is -0.393. The standard InChI is InChI=1S/C13H17N3O2S/c1-2-14-7-9-15(10-8-14)13(19)11-3-5-12(6-4-11)16(17)18/h3-6H,2,7-10H2,1H3/p+1. The van der Waals surface area contributed by atoms with Crippen molar-refractivity contribution in [3.8, 4) is 0 Å². The fraction of sp³-hybridized carbons (Fsp3) is 0.462. The summed E-state index contributed by atoms with van der Waals surface area (Å²) in [6.45, 7) is 7.46. The van der Waals surface area contributed by atoms with Crippen molar-refractivity contribution in [1.82, 2.24) is 4.90 Å². The van der Waals surface area contributed by atoms with Gasteiger partial charge in [-0.1, -0.05) is 12.2 Å². The first-order valence-electron chi connectivity index (χ1n) is 6.49. The Labute approximate surface area is 118 Å². The van der Waals surface area contributed by atoms with Crippen LogP contribution in [-0.2, 0) is 0 Å². The van der Waals surface area contributed by atoms with E-state index >= 15 is 0 Å². The van der Waals surface area contributed by atoms with E-state index < -0.39 is 4.92 Å². The number of likely N-dealkylation sites (N-methyl/N-ethyl adjacent to an activating group) is 1. The van der Waals surface area contributed by atoms with Crippen molar-refractivity contribution in [2.75, 3.05) is 32.7 Å². The zero-order chi connectivity index (χ0) is 13.8. The molecule has 6 heteroatoms. The molecule has 1 aromatic rings. The molecule has 0 aromatic heterocycles. The maximum absolute atomic E-state index is 10.6. The van der Waals surface area contributed by atoms with Crippen LogP contribution in [0.2, 0.25) is 0 Å². The van der Waals surface area contributed by atoms with Crippen LogP contribution in [0.1, 0.15) is 12.5 Å². The normalized spacial score (nSPS) is 16.4. The van der Waals surface area contributed by atoms with Crippen molar-refractivity contribution >= 4 is 22.9 Å². The SMILES string of the molecule is CC[NH+]1CCN(C(=S)c2ccc([N+](=O)[O-])cc2)CC1. The molecule has 2 rings (SSSR count). The maximum atomic E-state index is 10.6. The summed E-state index contributed by atoms with van der Waals surface area (Å²) in [6.07, 6.45) is 0. The maximum Gasteiger partial charge on any atom is 0.269 e. The minimum Gasteiger partial charge on any atom is -0.351 e. The number of hydrogen-bond acceptors (Lipinski definition) is 3. The average molecular weight is 280 g/mol. The molecule has 102 valence electrons. The molecule has 0 bridgehead atoms. The van der Waals surface area contributed by atoms with Crippen molar-refractivity contribution in [3.05, 3.63) is 39.9 Å². The third-order valence-electron chi connectivity index (χ3n) is 3.58. The smallest absolute Gasteiger partial charge is 0.269 e. The molecule has 0 saturated carbocycles. The van der Waals surface area contributed by atoms with Gasteiger partial charge in [-0.3, -0.25) is 10.1 Å². The van der Waals surface area contributed by atoms with Crippen LogP contribution in [0.15, 0.2) is 24.3 Å². The summed E-state index contributed by atoms with van der Waals surface area (Å²) in [4.78, 5) is 14.8. The highest BCUT2D eigenvalue weighted by atomic mass is 32.1. The van der Waals surface area contributed by atoms with Gasteiger partial charge in [0.15, 0.2) is 0 Å². The molecule has 19 heavy (non-hydrogen) atoms. The molecule has 1 aromatic carbocycles. The van der Waals surface area contributed by atoms with Crippen LogP contribution in [0.4, 0.5) is 5.69 Å². The molecule has 5 nitrogen and oxygen atoms in total. The van der Waals surface area contributed by atoms with Crippen LogP contribution in [0.5, 0.6) is 0 Å². The minimum absolute atomic E-state index is 0.104. The summed E-state index contributed by atoms with van der Waals surface area (Å²) in [5.74, 6) is 0. The largest absolute Gasteiger partial charge is 0.351 e. The highest BCUT2D eigenvalue weighted by Crippen LogP contribution is 2.14. The molecule has 0 unspecified atom stereocenters. The number of nitro groups is 1. The van der Waals surface area contributed by atoms with E-state index in [2.05, 4.69) is 11.8 Å². The first kappa shape index (κ1) is 13.9. The molecule has 0 atom stereocenters. The molecule has 1 aliphatic heterocycles. The van der Waals surface area contributed by atoms with Crippen LogP contribution in [0.25, 0.3) is 0 Å². The molecule has 0 spiro atoms. The lowest BCUT2D eigenvalue weighted by Gasteiger charge is -2.33. The number of nitrogens with zero attached hydrogens (tertiary/aromatic N) is 2. The predicted molar refractivity (Wildman–Crippen MR) is 77.6 cm³/mol. The van der Waals surface area contributed by atoms with Gasteiger partial charge in [0, 0.05) is 17.7 Å². The zero-order valence-electron chi connectivity index (χ0n) is 11.0. The van der Waals surface area contributed by atoms with E-state index in [4.69, 9.17) is 12.2 Å². The van der Waals surface area contributed by atoms with E-state index in [-0.39, 0.29) is 5.69 Å². The zero-order valence-corrected chi connectivity index (χ0v) is 11.8. The van der Waals surface area contributed by atoms with Crippen LogP contribution in [0, 0.1) is 10.1 Å². The van der Waals surface area contributed by atoms with Gasteiger partial charge in [-0.05, 0) is 19.1 Å². The van der Waals surface area contributed by atoms with Gasteiger partial charge >= 0.3 is 0 Å². The molecule has 1 fully saturated rings. The molecule has 0 aliphatic carbocycles. The average Bonchev–Trinajstić information content (AvgIpc) is 2.46.